The van der Waals surface area contributed by atoms with E-state index in [1.165, 1.54) is 0 Å². The van der Waals surface area contributed by atoms with Crippen LogP contribution in [0.15, 0.2) is 57.6 Å². The third kappa shape index (κ3) is 22.7. The standard InChI is InChI=1S/2C9H13N5S.F6P.Ga/c2*1-7(8-6-10-4-5-11-8)12-13-9(15)14(2)3;1-7(2,3,4,5)6;/h2*4-6H,1-3H3,(H,13,15);;/q;;-1;+3/p-2/b2*12-7+;;. The molecular formula is C18H24F6GaN10PS2. The van der Waals surface area contributed by atoms with E-state index in [-0.39, 0.29) is 19.8 Å². The van der Waals surface area contributed by atoms with Crippen molar-refractivity contribution in [3.05, 3.63) is 48.6 Å². The maximum Gasteiger partial charge on any atom is 3.00 e. The van der Waals surface area contributed by atoms with Crippen molar-refractivity contribution in [2.24, 2.45) is 20.4 Å². The number of hydrogen-bond donors (Lipinski definition) is 0. The summed E-state index contributed by atoms with van der Waals surface area (Å²) in [4.78, 5) is 19.5. The Morgan fingerprint density at radius 3 is 1.16 bits per heavy atom. The van der Waals surface area contributed by atoms with E-state index < -0.39 is 7.81 Å². The van der Waals surface area contributed by atoms with Gasteiger partial charge < -0.3 is 35.1 Å². The third-order valence-electron chi connectivity index (χ3n) is 3.20. The molecule has 38 heavy (non-hydrogen) atoms. The van der Waals surface area contributed by atoms with E-state index in [1.54, 1.807) is 47.0 Å². The Morgan fingerprint density at radius 1 is 0.658 bits per heavy atom. The van der Waals surface area contributed by atoms with Gasteiger partial charge in [-0.3, -0.25) is 19.9 Å². The number of halogens is 6. The fraction of sp³-hybridized carbons (Fsp3) is 0.333. The number of amidine groups is 2. The van der Waals surface area contributed by atoms with Crippen LogP contribution >= 0.6 is 7.81 Å². The second-order valence-corrected chi connectivity index (χ2v) is 9.71. The molecule has 2 rings (SSSR count). The zero-order valence-corrected chi connectivity index (χ0v) is 26.0. The molecule has 0 saturated carbocycles. The summed E-state index contributed by atoms with van der Waals surface area (Å²) >= 11 is 9.92. The fourth-order valence-electron chi connectivity index (χ4n) is 1.49. The summed E-state index contributed by atoms with van der Waals surface area (Å²) in [7, 11) is -3.38. The maximum absolute atomic E-state index is 10.7. The van der Waals surface area contributed by atoms with Crippen molar-refractivity contribution in [3.63, 3.8) is 0 Å². The molecule has 2 heterocycles. The largest absolute Gasteiger partial charge is 3.00 e. The maximum atomic E-state index is 9.87. The van der Waals surface area contributed by atoms with Gasteiger partial charge in [-0.15, -0.1) is 0 Å². The molecule has 0 radical (unpaired) electrons. The Balaban J connectivity index is 0. The number of hydrogen-bond acceptors (Lipinski definition) is 10. The molecule has 0 unspecified atom stereocenters. The van der Waals surface area contributed by atoms with Crippen LogP contribution in [0.2, 0.25) is 0 Å². The quantitative estimate of drug-likeness (QED) is 0.0909. The summed E-state index contributed by atoms with van der Waals surface area (Å²) in [5.74, 6) is 0. The number of rotatable bonds is 4. The molecule has 20 heteroatoms. The zero-order chi connectivity index (χ0) is 28.9. The summed E-state index contributed by atoms with van der Waals surface area (Å²) < 4.78 is 59.2. The first-order valence-electron chi connectivity index (χ1n) is 9.69. The van der Waals surface area contributed by atoms with Crippen LogP contribution in [0.4, 0.5) is 25.2 Å². The van der Waals surface area contributed by atoms with Gasteiger partial charge in [0.05, 0.1) is 23.8 Å². The summed E-state index contributed by atoms with van der Waals surface area (Å²) in [6.45, 7) is 3.62. The average molecular weight is 659 g/mol. The molecule has 0 atom stereocenters. The first-order chi connectivity index (χ1) is 16.7. The third-order valence-corrected chi connectivity index (χ3v) is 4.10. The van der Waals surface area contributed by atoms with Gasteiger partial charge in [0.2, 0.25) is 0 Å². The molecular weight excluding hydrogens is 635 g/mol. The van der Waals surface area contributed by atoms with E-state index in [4.69, 9.17) is 25.3 Å². The van der Waals surface area contributed by atoms with Crippen molar-refractivity contribution in [2.45, 2.75) is 13.8 Å². The summed E-state index contributed by atoms with van der Waals surface area (Å²) in [6.07, 6.45) is 9.70. The van der Waals surface area contributed by atoms with E-state index in [2.05, 4.69) is 40.3 Å². The molecule has 0 amide bonds. The van der Waals surface area contributed by atoms with Crippen molar-refractivity contribution in [2.75, 3.05) is 28.2 Å². The zero-order valence-electron chi connectivity index (χ0n) is 21.0. The Labute approximate surface area is 240 Å². The molecule has 0 fully saturated rings. The molecule has 10 nitrogen and oxygen atoms in total. The minimum atomic E-state index is -10.7. The van der Waals surface area contributed by atoms with Crippen molar-refractivity contribution in [1.82, 2.24) is 29.7 Å². The SMILES string of the molecule is C/C(=N\N=C(/[S-])N(C)C)c1cnccn1.C/C(=N\N=C(/[S-])N(C)C)c1cnccn1.F[P-](F)(F)(F)(F)F.[Ga+3]. The van der Waals surface area contributed by atoms with Gasteiger partial charge in [-0.05, 0) is 13.8 Å². The first-order valence-corrected chi connectivity index (χ1v) is 12.5. The molecule has 0 aromatic carbocycles. The Bertz CT molecular complexity index is 1030. The van der Waals surface area contributed by atoms with Gasteiger partial charge >= 0.3 is 52.8 Å². The number of aromatic nitrogens is 4. The van der Waals surface area contributed by atoms with Crippen LogP contribution in [0.25, 0.3) is 0 Å². The summed E-state index contributed by atoms with van der Waals surface area (Å²) in [5, 5.41) is 16.6. The van der Waals surface area contributed by atoms with Crippen LogP contribution < -0.4 is 0 Å². The van der Waals surface area contributed by atoms with Gasteiger partial charge in [-0.1, -0.05) is 0 Å². The molecule has 208 valence electrons. The molecule has 2 aromatic rings. The van der Waals surface area contributed by atoms with E-state index in [9.17, 15) is 25.2 Å². The van der Waals surface area contributed by atoms with Gasteiger partial charge in [0.15, 0.2) is 0 Å². The second-order valence-electron chi connectivity index (χ2n) is 7.06. The minimum absolute atomic E-state index is 0. The van der Waals surface area contributed by atoms with Crippen LogP contribution in [0.3, 0.4) is 0 Å². The Morgan fingerprint density at radius 2 is 0.947 bits per heavy atom. The molecule has 0 aliphatic carbocycles. The van der Waals surface area contributed by atoms with Gasteiger partial charge in [0, 0.05) is 63.3 Å². The molecule has 0 aliphatic heterocycles. The predicted octanol–water partition coefficient (Wildman–Crippen LogP) is 4.33. The van der Waals surface area contributed by atoms with Crippen molar-refractivity contribution in [1.29, 1.82) is 0 Å². The predicted molar refractivity (Wildman–Crippen MR) is 145 cm³/mol. The fourth-order valence-corrected chi connectivity index (χ4v) is 1.57. The molecule has 0 spiro atoms. The topological polar surface area (TPSA) is 107 Å². The van der Waals surface area contributed by atoms with Gasteiger partial charge in [0.25, 0.3) is 0 Å². The molecule has 0 bridgehead atoms. The smallest absolute Gasteiger partial charge is 3.00 e. The Hall–Kier alpha value is -2.47. The second kappa shape index (κ2) is 15.2. The van der Waals surface area contributed by atoms with Crippen molar-refractivity contribution < 1.29 is 25.2 Å². The van der Waals surface area contributed by atoms with Gasteiger partial charge in [-0.2, -0.15) is 20.4 Å². The van der Waals surface area contributed by atoms with E-state index in [0.717, 1.165) is 0 Å². The van der Waals surface area contributed by atoms with Crippen molar-refractivity contribution >= 4 is 74.6 Å². The van der Waals surface area contributed by atoms with E-state index in [0.29, 0.717) is 33.1 Å². The van der Waals surface area contributed by atoms with E-state index >= 15 is 0 Å². The monoisotopic (exact) mass is 658 g/mol. The molecule has 0 saturated heterocycles. The molecule has 0 aliphatic rings. The number of nitrogens with zero attached hydrogens (tertiary/aromatic N) is 10. The summed E-state index contributed by atoms with van der Waals surface area (Å²) in [6, 6.07) is 0. The van der Waals surface area contributed by atoms with Crippen LogP contribution in [0.1, 0.15) is 25.2 Å². The normalized spacial score (nSPS) is 14.3. The summed E-state index contributed by atoms with van der Waals surface area (Å²) in [5.41, 5.74) is 2.77. The van der Waals surface area contributed by atoms with Crippen LogP contribution in [-0.2, 0) is 25.3 Å². The van der Waals surface area contributed by atoms with Crippen LogP contribution in [-0.4, -0.2) is 99.5 Å². The van der Waals surface area contributed by atoms with Crippen molar-refractivity contribution in [3.8, 4) is 0 Å². The van der Waals surface area contributed by atoms with Gasteiger partial charge in [-0.25, -0.2) is 0 Å². The van der Waals surface area contributed by atoms with Gasteiger partial charge in [0.1, 0.15) is 11.4 Å². The van der Waals surface area contributed by atoms with Crippen LogP contribution in [0.5, 0.6) is 0 Å². The van der Waals surface area contributed by atoms with Crippen LogP contribution in [0, 0.1) is 0 Å². The molecule has 0 N–H and O–H groups in total. The Kier molecular flexibility index (Phi) is 15.1. The first kappa shape index (κ1) is 37.7. The molecule has 2 aromatic heterocycles. The van der Waals surface area contributed by atoms with E-state index in [1.807, 2.05) is 42.0 Å². The minimum Gasteiger partial charge on any atom is 3.00 e. The average Bonchev–Trinajstić information content (AvgIpc) is 2.79.